The lowest BCUT2D eigenvalue weighted by molar-refractivity contribution is -0.152. The highest BCUT2D eigenvalue weighted by molar-refractivity contribution is 7.89. The minimum atomic E-state index is -3.91. The van der Waals surface area contributed by atoms with Crippen LogP contribution < -0.4 is 10.9 Å². The molecule has 0 fully saturated rings. The van der Waals surface area contributed by atoms with Crippen LogP contribution in [0.15, 0.2) is 77.7 Å². The van der Waals surface area contributed by atoms with Gasteiger partial charge >= 0.3 is 5.97 Å². The van der Waals surface area contributed by atoms with Gasteiger partial charge in [0.25, 0.3) is 0 Å². The number of primary sulfonamides is 1. The van der Waals surface area contributed by atoms with E-state index in [1.807, 2.05) is 0 Å². The van der Waals surface area contributed by atoms with Gasteiger partial charge in [0, 0.05) is 17.7 Å². The Morgan fingerprint density at radius 3 is 2.28 bits per heavy atom. The number of nitrogen functional groups attached to an aromatic ring is 1. The number of amidine groups is 1. The molecule has 1 amide bonds. The molecule has 36 heavy (non-hydrogen) atoms. The van der Waals surface area contributed by atoms with E-state index in [4.69, 9.17) is 21.0 Å². The highest BCUT2D eigenvalue weighted by atomic mass is 32.2. The largest absolute Gasteiger partial charge is 0.467 e. The van der Waals surface area contributed by atoms with Crippen LogP contribution in [0.3, 0.4) is 0 Å². The van der Waals surface area contributed by atoms with E-state index in [1.54, 1.807) is 73.7 Å². The summed E-state index contributed by atoms with van der Waals surface area (Å²) in [7, 11) is -2.65. The number of nitrogens with zero attached hydrogens (tertiary/aromatic N) is 1. The van der Waals surface area contributed by atoms with Crippen LogP contribution in [-0.2, 0) is 37.3 Å². The van der Waals surface area contributed by atoms with Crippen molar-refractivity contribution in [2.75, 3.05) is 7.11 Å². The van der Waals surface area contributed by atoms with Gasteiger partial charge in [-0.25, -0.2) is 18.4 Å². The Balaban J connectivity index is 1.85. The lowest BCUT2D eigenvalue weighted by atomic mass is 10.0. The minimum Gasteiger partial charge on any atom is -0.467 e. The molecule has 3 aromatic rings. The SMILES string of the molecule is COC(=O)C(C)N(Cc1cccc(C(=N)N)c1)C(=O)Cc1ccc(-c2ccccc2S(N)(=O)=O)cc1. The molecule has 0 saturated carbocycles. The summed E-state index contributed by atoms with van der Waals surface area (Å²) in [5.74, 6) is -0.959. The van der Waals surface area contributed by atoms with Gasteiger partial charge in [0.05, 0.1) is 18.4 Å². The van der Waals surface area contributed by atoms with E-state index >= 15 is 0 Å². The molecule has 10 heteroatoms. The zero-order chi connectivity index (χ0) is 26.5. The number of sulfonamides is 1. The van der Waals surface area contributed by atoms with Crippen molar-refractivity contribution >= 4 is 27.7 Å². The van der Waals surface area contributed by atoms with Crippen LogP contribution in [0.5, 0.6) is 0 Å². The first-order valence-corrected chi connectivity index (χ1v) is 12.6. The Morgan fingerprint density at radius 1 is 1.00 bits per heavy atom. The number of methoxy groups -OCH3 is 1. The van der Waals surface area contributed by atoms with Gasteiger partial charge in [-0.3, -0.25) is 10.2 Å². The second-order valence-electron chi connectivity index (χ2n) is 8.25. The lowest BCUT2D eigenvalue weighted by Gasteiger charge is -2.28. The second kappa shape index (κ2) is 11.1. The molecule has 0 aromatic heterocycles. The maximum atomic E-state index is 13.3. The van der Waals surface area contributed by atoms with Crippen molar-refractivity contribution in [1.82, 2.24) is 4.90 Å². The van der Waals surface area contributed by atoms with Gasteiger partial charge in [0.1, 0.15) is 11.9 Å². The average Bonchev–Trinajstić information content (AvgIpc) is 2.86. The maximum absolute atomic E-state index is 13.3. The predicted octanol–water partition coefficient (Wildman–Crippen LogP) is 2.42. The Bertz CT molecular complexity index is 1390. The summed E-state index contributed by atoms with van der Waals surface area (Å²) in [4.78, 5) is 27.0. The molecule has 0 heterocycles. The summed E-state index contributed by atoms with van der Waals surface area (Å²) in [5, 5.41) is 13.0. The molecule has 0 aliphatic carbocycles. The first kappa shape index (κ1) is 26.6. The first-order chi connectivity index (χ1) is 17.0. The fraction of sp³-hybridized carbons (Fsp3) is 0.192. The number of hydrogen-bond acceptors (Lipinski definition) is 6. The molecule has 0 aliphatic rings. The molecule has 3 rings (SSSR count). The third-order valence-corrected chi connectivity index (χ3v) is 6.70. The zero-order valence-electron chi connectivity index (χ0n) is 20.0. The standard InChI is InChI=1S/C26H28N4O5S/c1-17(26(32)35-2)30(16-19-6-5-7-21(14-19)25(27)28)24(31)15-18-10-12-20(13-11-18)22-8-3-4-9-23(22)36(29,33)34/h3-14,17H,15-16H2,1-2H3,(H3,27,28)(H2,29,33,34). The molecule has 0 bridgehead atoms. The molecule has 1 atom stereocenters. The van der Waals surface area contributed by atoms with Crippen molar-refractivity contribution in [3.05, 3.63) is 89.5 Å². The van der Waals surface area contributed by atoms with Crippen LogP contribution in [0.1, 0.15) is 23.6 Å². The van der Waals surface area contributed by atoms with Gasteiger partial charge in [-0.15, -0.1) is 0 Å². The molecule has 5 N–H and O–H groups in total. The van der Waals surface area contributed by atoms with E-state index in [9.17, 15) is 18.0 Å². The number of rotatable bonds is 9. The van der Waals surface area contributed by atoms with Crippen LogP contribution in [-0.4, -0.2) is 44.2 Å². The summed E-state index contributed by atoms with van der Waals surface area (Å²) in [5.41, 5.74) is 8.58. The molecule has 0 radical (unpaired) electrons. The van der Waals surface area contributed by atoms with Crippen LogP contribution in [0.4, 0.5) is 0 Å². The summed E-state index contributed by atoms with van der Waals surface area (Å²) < 4.78 is 28.7. The van der Waals surface area contributed by atoms with Crippen molar-refractivity contribution in [3.8, 4) is 11.1 Å². The molecule has 188 valence electrons. The summed E-state index contributed by atoms with van der Waals surface area (Å²) in [6, 6.07) is 19.4. The number of nitrogens with one attached hydrogen (secondary N) is 1. The molecular formula is C26H28N4O5S. The molecule has 1 unspecified atom stereocenters. The van der Waals surface area contributed by atoms with E-state index in [2.05, 4.69) is 0 Å². The number of ether oxygens (including phenoxy) is 1. The number of benzene rings is 3. The van der Waals surface area contributed by atoms with Crippen molar-refractivity contribution < 1.29 is 22.7 Å². The smallest absolute Gasteiger partial charge is 0.328 e. The zero-order valence-corrected chi connectivity index (χ0v) is 20.8. The topological polar surface area (TPSA) is 157 Å². The fourth-order valence-corrected chi connectivity index (χ4v) is 4.57. The molecule has 0 saturated heterocycles. The third-order valence-electron chi connectivity index (χ3n) is 5.73. The van der Waals surface area contributed by atoms with Crippen molar-refractivity contribution in [3.63, 3.8) is 0 Å². The summed E-state index contributed by atoms with van der Waals surface area (Å²) in [6.07, 6.45) is 0.00481. The highest BCUT2D eigenvalue weighted by Crippen LogP contribution is 2.27. The lowest BCUT2D eigenvalue weighted by Crippen LogP contribution is -2.44. The van der Waals surface area contributed by atoms with Gasteiger partial charge in [-0.1, -0.05) is 60.7 Å². The Kier molecular flexibility index (Phi) is 8.23. The quantitative estimate of drug-likeness (QED) is 0.229. The average molecular weight is 509 g/mol. The van der Waals surface area contributed by atoms with E-state index in [0.29, 0.717) is 27.8 Å². The Morgan fingerprint density at radius 2 is 1.67 bits per heavy atom. The second-order valence-corrected chi connectivity index (χ2v) is 9.78. The number of esters is 1. The van der Waals surface area contributed by atoms with Gasteiger partial charge in [0.15, 0.2) is 0 Å². The normalized spacial score (nSPS) is 12.0. The van der Waals surface area contributed by atoms with Gasteiger partial charge in [-0.2, -0.15) is 0 Å². The van der Waals surface area contributed by atoms with Gasteiger partial charge in [-0.05, 0) is 35.7 Å². The first-order valence-electron chi connectivity index (χ1n) is 11.0. The third kappa shape index (κ3) is 6.35. The Hall–Kier alpha value is -4.02. The summed E-state index contributed by atoms with van der Waals surface area (Å²) >= 11 is 0. The minimum absolute atomic E-state index is 0.00481. The molecule has 0 spiro atoms. The number of carbonyl (C=O) groups is 2. The molecule has 0 aliphatic heterocycles. The fourth-order valence-electron chi connectivity index (χ4n) is 3.80. The number of hydrogen-bond donors (Lipinski definition) is 3. The van der Waals surface area contributed by atoms with Gasteiger partial charge in [0.2, 0.25) is 15.9 Å². The van der Waals surface area contributed by atoms with E-state index in [1.165, 1.54) is 18.1 Å². The number of carbonyl (C=O) groups excluding carboxylic acids is 2. The van der Waals surface area contributed by atoms with Crippen molar-refractivity contribution in [1.29, 1.82) is 5.41 Å². The highest BCUT2D eigenvalue weighted by Gasteiger charge is 2.27. The number of amides is 1. The van der Waals surface area contributed by atoms with Crippen molar-refractivity contribution in [2.45, 2.75) is 30.8 Å². The molecule has 3 aromatic carbocycles. The van der Waals surface area contributed by atoms with Crippen LogP contribution >= 0.6 is 0 Å². The monoisotopic (exact) mass is 508 g/mol. The van der Waals surface area contributed by atoms with E-state index in [-0.39, 0.29) is 29.6 Å². The van der Waals surface area contributed by atoms with Crippen LogP contribution in [0.2, 0.25) is 0 Å². The summed E-state index contributed by atoms with van der Waals surface area (Å²) in [6.45, 7) is 1.71. The van der Waals surface area contributed by atoms with Crippen LogP contribution in [0.25, 0.3) is 11.1 Å². The molecular weight excluding hydrogens is 480 g/mol. The predicted molar refractivity (Wildman–Crippen MR) is 136 cm³/mol. The molecule has 9 nitrogen and oxygen atoms in total. The van der Waals surface area contributed by atoms with E-state index < -0.39 is 22.0 Å². The Labute approximate surface area is 210 Å². The maximum Gasteiger partial charge on any atom is 0.328 e. The van der Waals surface area contributed by atoms with E-state index in [0.717, 1.165) is 0 Å². The number of nitrogens with two attached hydrogens (primary N) is 2. The van der Waals surface area contributed by atoms with Gasteiger partial charge < -0.3 is 15.4 Å². The van der Waals surface area contributed by atoms with Crippen molar-refractivity contribution in [2.24, 2.45) is 10.9 Å². The van der Waals surface area contributed by atoms with Crippen LogP contribution in [0, 0.1) is 5.41 Å².